The fraction of sp³-hybridized carbons (Fsp3) is 0.222. The first-order valence-corrected chi connectivity index (χ1v) is 4.54. The Morgan fingerprint density at radius 2 is 2.40 bits per heavy atom. The Labute approximate surface area is 62.8 Å². The van der Waals surface area contributed by atoms with Gasteiger partial charge in [-0.15, -0.1) is 0 Å². The standard InChI is InChI=1S/C9H9P/c1-2-7-6-10-9-5-3-4-8(7)9/h3-6H,2H2,1H3. The molecule has 10 heavy (non-hydrogen) atoms. The highest BCUT2D eigenvalue weighted by Gasteiger charge is 2.14. The molecular weight excluding hydrogens is 139 g/mol. The normalized spacial score (nSPS) is 21.9. The zero-order chi connectivity index (χ0) is 6.97. The summed E-state index contributed by atoms with van der Waals surface area (Å²) in [6, 6.07) is 0. The molecule has 0 nitrogen and oxygen atoms in total. The van der Waals surface area contributed by atoms with Gasteiger partial charge in [-0.1, -0.05) is 27.3 Å². The average molecular weight is 148 g/mol. The summed E-state index contributed by atoms with van der Waals surface area (Å²) in [6.07, 6.45) is 7.73. The first-order valence-electron chi connectivity index (χ1n) is 3.58. The second kappa shape index (κ2) is 2.21. The van der Waals surface area contributed by atoms with E-state index >= 15 is 0 Å². The van der Waals surface area contributed by atoms with Crippen molar-refractivity contribution in [2.75, 3.05) is 0 Å². The highest BCUT2D eigenvalue weighted by atomic mass is 31.1. The summed E-state index contributed by atoms with van der Waals surface area (Å²) < 4.78 is 0. The fourth-order valence-electron chi connectivity index (χ4n) is 1.29. The number of hydrogen-bond donors (Lipinski definition) is 0. The minimum atomic E-state index is 1.17. The van der Waals surface area contributed by atoms with E-state index in [1.165, 1.54) is 31.1 Å². The molecule has 1 aliphatic carbocycles. The molecule has 0 saturated carbocycles. The van der Waals surface area contributed by atoms with Crippen molar-refractivity contribution in [2.45, 2.75) is 13.3 Å². The Morgan fingerprint density at radius 1 is 1.50 bits per heavy atom. The second-order valence-corrected chi connectivity index (χ2v) is 3.46. The van der Waals surface area contributed by atoms with Gasteiger partial charge < -0.3 is 0 Å². The minimum Gasteiger partial charge on any atom is -0.0675 e. The quantitative estimate of drug-likeness (QED) is 0.501. The van der Waals surface area contributed by atoms with Gasteiger partial charge in [-0.3, -0.25) is 0 Å². The number of allylic oxidation sites excluding steroid dienone is 5. The Bertz CT molecular complexity index is 277. The molecule has 0 radical (unpaired) electrons. The van der Waals surface area contributed by atoms with Gasteiger partial charge in [-0.2, -0.15) is 0 Å². The van der Waals surface area contributed by atoms with E-state index in [-0.39, 0.29) is 0 Å². The van der Waals surface area contributed by atoms with Gasteiger partial charge in [0.1, 0.15) is 0 Å². The van der Waals surface area contributed by atoms with Gasteiger partial charge >= 0.3 is 0 Å². The molecule has 0 unspecified atom stereocenters. The minimum absolute atomic E-state index is 1.17. The van der Waals surface area contributed by atoms with E-state index in [9.17, 15) is 0 Å². The van der Waals surface area contributed by atoms with Crippen molar-refractivity contribution < 1.29 is 0 Å². The monoisotopic (exact) mass is 148 g/mol. The molecule has 50 valence electrons. The summed E-state index contributed by atoms with van der Waals surface area (Å²) in [5.74, 6) is 2.31. The molecule has 0 amide bonds. The van der Waals surface area contributed by atoms with Crippen LogP contribution in [0.2, 0.25) is 0 Å². The maximum Gasteiger partial charge on any atom is 0.00931 e. The summed E-state index contributed by atoms with van der Waals surface area (Å²) in [5.41, 5.74) is 2.99. The molecule has 1 heteroatoms. The van der Waals surface area contributed by atoms with Crippen LogP contribution in [0.3, 0.4) is 0 Å². The zero-order valence-corrected chi connectivity index (χ0v) is 6.86. The molecule has 2 rings (SSSR count). The van der Waals surface area contributed by atoms with Crippen molar-refractivity contribution in [1.29, 1.82) is 0 Å². The second-order valence-electron chi connectivity index (χ2n) is 2.46. The Morgan fingerprint density at radius 3 is 3.20 bits per heavy atom. The van der Waals surface area contributed by atoms with Crippen molar-refractivity contribution in [3.05, 3.63) is 35.2 Å². The summed E-state index contributed by atoms with van der Waals surface area (Å²) in [6.45, 7) is 2.21. The summed E-state index contributed by atoms with van der Waals surface area (Å²) in [5, 5.41) is 1.48. The van der Waals surface area contributed by atoms with E-state index in [4.69, 9.17) is 0 Å². The van der Waals surface area contributed by atoms with Crippen molar-refractivity contribution in [1.82, 2.24) is 0 Å². The van der Waals surface area contributed by atoms with E-state index in [0.717, 1.165) is 0 Å². The van der Waals surface area contributed by atoms with Gasteiger partial charge in [-0.25, -0.2) is 0 Å². The smallest absolute Gasteiger partial charge is 0.00931 e. The predicted molar refractivity (Wildman–Crippen MR) is 47.5 cm³/mol. The van der Waals surface area contributed by atoms with Gasteiger partial charge in [0.15, 0.2) is 0 Å². The molecule has 0 aromatic carbocycles. The van der Waals surface area contributed by atoms with Crippen LogP contribution in [0.15, 0.2) is 35.2 Å². The van der Waals surface area contributed by atoms with Crippen LogP contribution < -0.4 is 0 Å². The van der Waals surface area contributed by atoms with E-state index in [1.54, 1.807) is 0 Å². The Balaban J connectivity index is 2.38. The third kappa shape index (κ3) is 0.726. The molecule has 0 fully saturated rings. The molecular formula is C9H9P. The van der Waals surface area contributed by atoms with Crippen LogP contribution in [-0.4, -0.2) is 5.29 Å². The van der Waals surface area contributed by atoms with E-state index in [2.05, 4.69) is 31.0 Å². The number of hydrogen-bond acceptors (Lipinski definition) is 0. The molecule has 0 saturated heterocycles. The lowest BCUT2D eigenvalue weighted by atomic mass is 10.1. The highest BCUT2D eigenvalue weighted by molar-refractivity contribution is 7.46. The van der Waals surface area contributed by atoms with Gasteiger partial charge in [0, 0.05) is 5.29 Å². The van der Waals surface area contributed by atoms with Gasteiger partial charge in [0.25, 0.3) is 0 Å². The largest absolute Gasteiger partial charge is 0.0675 e. The average Bonchev–Trinajstić information content (AvgIpc) is 2.44. The maximum atomic E-state index is 2.31. The molecule has 2 aliphatic rings. The molecule has 0 bridgehead atoms. The van der Waals surface area contributed by atoms with Crippen LogP contribution in [-0.2, 0) is 0 Å². The van der Waals surface area contributed by atoms with Crippen molar-refractivity contribution in [2.24, 2.45) is 0 Å². The van der Waals surface area contributed by atoms with E-state index < -0.39 is 0 Å². The molecule has 0 N–H and O–H groups in total. The molecule has 1 heterocycles. The van der Waals surface area contributed by atoms with Gasteiger partial charge in [0.2, 0.25) is 0 Å². The molecule has 0 aromatic rings. The lowest BCUT2D eigenvalue weighted by molar-refractivity contribution is 1.15. The van der Waals surface area contributed by atoms with Crippen molar-refractivity contribution >= 4 is 13.5 Å². The van der Waals surface area contributed by atoms with Crippen LogP contribution in [0.5, 0.6) is 0 Å². The van der Waals surface area contributed by atoms with Crippen molar-refractivity contribution in [3.63, 3.8) is 0 Å². The number of rotatable bonds is 1. The third-order valence-corrected chi connectivity index (χ3v) is 2.99. The molecule has 1 aliphatic heterocycles. The Kier molecular flexibility index (Phi) is 1.35. The molecule has 0 atom stereocenters. The highest BCUT2D eigenvalue weighted by Crippen LogP contribution is 2.32. The first-order chi connectivity index (χ1) is 4.92. The Hall–Kier alpha value is -0.610. The summed E-state index contributed by atoms with van der Waals surface area (Å²) in [7, 11) is 1.39. The lowest BCUT2D eigenvalue weighted by Gasteiger charge is -1.98. The maximum absolute atomic E-state index is 2.31. The van der Waals surface area contributed by atoms with Crippen LogP contribution in [0.4, 0.5) is 0 Å². The first kappa shape index (κ1) is 6.12. The summed E-state index contributed by atoms with van der Waals surface area (Å²) >= 11 is 0. The third-order valence-electron chi connectivity index (χ3n) is 1.88. The van der Waals surface area contributed by atoms with Gasteiger partial charge in [-0.05, 0) is 29.5 Å². The van der Waals surface area contributed by atoms with E-state index in [1.807, 2.05) is 0 Å². The topological polar surface area (TPSA) is 0 Å². The number of fused-ring (bicyclic) bond motifs is 1. The fourth-order valence-corrected chi connectivity index (χ4v) is 2.44. The molecule has 0 aromatic heterocycles. The van der Waals surface area contributed by atoms with Crippen LogP contribution in [0, 0.1) is 0 Å². The van der Waals surface area contributed by atoms with Crippen LogP contribution >= 0.6 is 8.20 Å². The van der Waals surface area contributed by atoms with Crippen molar-refractivity contribution in [3.8, 4) is 0 Å². The van der Waals surface area contributed by atoms with Crippen LogP contribution in [0.25, 0.3) is 0 Å². The van der Waals surface area contributed by atoms with E-state index in [0.29, 0.717) is 0 Å². The summed E-state index contributed by atoms with van der Waals surface area (Å²) in [4.78, 5) is 0. The zero-order valence-electron chi connectivity index (χ0n) is 5.96. The molecule has 0 spiro atoms. The van der Waals surface area contributed by atoms with Crippen LogP contribution in [0.1, 0.15) is 13.3 Å². The SMILES string of the molecule is CCC1=CP=C2C=CC=C12. The predicted octanol–water partition coefficient (Wildman–Crippen LogP) is 2.91. The van der Waals surface area contributed by atoms with Gasteiger partial charge in [0.05, 0.1) is 0 Å². The lowest BCUT2D eigenvalue weighted by Crippen LogP contribution is -1.90.